The van der Waals surface area contributed by atoms with Crippen molar-refractivity contribution in [2.24, 2.45) is 4.99 Å². The van der Waals surface area contributed by atoms with Crippen molar-refractivity contribution in [3.8, 4) is 5.75 Å². The monoisotopic (exact) mass is 402 g/mol. The molecule has 1 N–H and O–H groups in total. The van der Waals surface area contributed by atoms with Crippen molar-refractivity contribution >= 4 is 17.2 Å². The summed E-state index contributed by atoms with van der Waals surface area (Å²) in [6, 6.07) is 29.0. The van der Waals surface area contributed by atoms with E-state index in [1.807, 2.05) is 48.5 Å². The summed E-state index contributed by atoms with van der Waals surface area (Å²) in [4.78, 5) is 7.16. The van der Waals surface area contributed by atoms with E-state index in [-0.39, 0.29) is 12.6 Å². The molecule has 5 nitrogen and oxygen atoms in total. The van der Waals surface area contributed by atoms with Crippen LogP contribution in [0.3, 0.4) is 0 Å². The van der Waals surface area contributed by atoms with E-state index in [0.717, 1.165) is 29.4 Å². The molecule has 30 heavy (non-hydrogen) atoms. The maximum Gasteiger partial charge on any atom is 0.119 e. The zero-order valence-electron chi connectivity index (χ0n) is 16.9. The average molecular weight is 402 g/mol. The lowest BCUT2D eigenvalue weighted by molar-refractivity contribution is 0.0705. The van der Waals surface area contributed by atoms with E-state index in [4.69, 9.17) is 19.6 Å². The van der Waals surface area contributed by atoms with Crippen LogP contribution in [0.15, 0.2) is 89.9 Å². The van der Waals surface area contributed by atoms with E-state index < -0.39 is 0 Å². The second-order valence-corrected chi connectivity index (χ2v) is 7.04. The molecule has 0 aliphatic carbocycles. The Morgan fingerprint density at radius 1 is 0.833 bits per heavy atom. The van der Waals surface area contributed by atoms with Gasteiger partial charge in [-0.1, -0.05) is 48.5 Å². The van der Waals surface area contributed by atoms with E-state index in [1.54, 1.807) is 0 Å². The fraction of sp³-hybridized carbons (Fsp3) is 0.240. The summed E-state index contributed by atoms with van der Waals surface area (Å²) < 4.78 is 10.9. The van der Waals surface area contributed by atoms with Crippen LogP contribution >= 0.6 is 0 Å². The number of amidine groups is 1. The van der Waals surface area contributed by atoms with Crippen LogP contribution in [0.1, 0.15) is 18.0 Å². The normalized spacial score (nSPS) is 17.0. The molecule has 1 heterocycles. The lowest BCUT2D eigenvalue weighted by atomic mass is 9.92. The molecule has 1 fully saturated rings. The molecule has 3 aromatic rings. The zero-order chi connectivity index (χ0) is 20.6. The van der Waals surface area contributed by atoms with Gasteiger partial charge in [-0.25, -0.2) is 4.99 Å². The zero-order valence-corrected chi connectivity index (χ0v) is 16.9. The number of nitrogens with zero attached hydrogens (tertiary/aromatic N) is 2. The van der Waals surface area contributed by atoms with Crippen LogP contribution in [-0.4, -0.2) is 37.4 Å². The predicted octanol–water partition coefficient (Wildman–Crippen LogP) is 4.76. The van der Waals surface area contributed by atoms with Crippen molar-refractivity contribution in [3.63, 3.8) is 0 Å². The summed E-state index contributed by atoms with van der Waals surface area (Å²) in [6.07, 6.45) is 0.902. The van der Waals surface area contributed by atoms with Gasteiger partial charge in [0.05, 0.1) is 31.5 Å². The minimum absolute atomic E-state index is 0.0278. The predicted molar refractivity (Wildman–Crippen MR) is 120 cm³/mol. The number of ether oxygens (including phenoxy) is 2. The number of aliphatic hydroxyl groups is 1. The van der Waals surface area contributed by atoms with Gasteiger partial charge in [-0.05, 0) is 42.0 Å². The molecule has 0 bridgehead atoms. The van der Waals surface area contributed by atoms with Crippen LogP contribution in [0.25, 0.3) is 0 Å². The summed E-state index contributed by atoms with van der Waals surface area (Å²) >= 11 is 0. The average Bonchev–Trinajstić information content (AvgIpc) is 2.78. The molecular formula is C25H26N2O3. The Balaban J connectivity index is 1.50. The maximum absolute atomic E-state index is 8.73. The summed E-state index contributed by atoms with van der Waals surface area (Å²) in [5.74, 6) is 1.85. The van der Waals surface area contributed by atoms with Crippen LogP contribution < -0.4 is 9.64 Å². The first kappa shape index (κ1) is 20.1. The Hall–Kier alpha value is -3.15. The number of para-hydroxylation sites is 1. The fourth-order valence-electron chi connectivity index (χ4n) is 3.54. The minimum atomic E-state index is 0.0278. The standard InChI is InChI=1S/C25H26N2O3/c28-15-16-29-17-18-30-23-13-11-22(12-14-23)27-24(20-7-3-1-4-8-20)19-25(27)26-21-9-5-2-6-10-21/h1-14,24,28H,15-19H2/b26-25+. The molecule has 4 rings (SSSR count). The van der Waals surface area contributed by atoms with Crippen LogP contribution in [0.4, 0.5) is 11.4 Å². The molecule has 1 saturated heterocycles. The van der Waals surface area contributed by atoms with Crippen molar-refractivity contribution in [3.05, 3.63) is 90.5 Å². The van der Waals surface area contributed by atoms with Gasteiger partial charge < -0.3 is 19.5 Å². The molecule has 3 aromatic carbocycles. The highest BCUT2D eigenvalue weighted by atomic mass is 16.5. The molecule has 0 radical (unpaired) electrons. The molecule has 1 aliphatic heterocycles. The number of aliphatic imine (C=N–C) groups is 1. The van der Waals surface area contributed by atoms with E-state index in [0.29, 0.717) is 19.8 Å². The third-order valence-electron chi connectivity index (χ3n) is 5.01. The van der Waals surface area contributed by atoms with Gasteiger partial charge in [0.2, 0.25) is 0 Å². The summed E-state index contributed by atoms with van der Waals surface area (Å²) in [6.45, 7) is 1.27. The van der Waals surface area contributed by atoms with Gasteiger partial charge in [-0.2, -0.15) is 0 Å². The fourth-order valence-corrected chi connectivity index (χ4v) is 3.54. The Bertz CT molecular complexity index is 943. The lowest BCUT2D eigenvalue weighted by Gasteiger charge is -2.44. The first-order chi connectivity index (χ1) is 14.8. The van der Waals surface area contributed by atoms with Gasteiger partial charge in [-0.15, -0.1) is 0 Å². The molecule has 0 saturated carbocycles. The van der Waals surface area contributed by atoms with Crippen LogP contribution in [0.2, 0.25) is 0 Å². The van der Waals surface area contributed by atoms with Crippen LogP contribution in [0.5, 0.6) is 5.75 Å². The minimum Gasteiger partial charge on any atom is -0.491 e. The molecule has 154 valence electrons. The molecular weight excluding hydrogens is 376 g/mol. The van der Waals surface area contributed by atoms with Gasteiger partial charge in [0.15, 0.2) is 0 Å². The molecule has 0 aromatic heterocycles. The second-order valence-electron chi connectivity index (χ2n) is 7.04. The van der Waals surface area contributed by atoms with Gasteiger partial charge in [0.1, 0.15) is 18.2 Å². The highest BCUT2D eigenvalue weighted by Crippen LogP contribution is 2.40. The van der Waals surface area contributed by atoms with Gasteiger partial charge >= 0.3 is 0 Å². The van der Waals surface area contributed by atoms with E-state index >= 15 is 0 Å². The number of aliphatic hydroxyl groups excluding tert-OH is 1. The van der Waals surface area contributed by atoms with Gasteiger partial charge in [-0.3, -0.25) is 0 Å². The Kier molecular flexibility index (Phi) is 6.75. The second kappa shape index (κ2) is 10.1. The molecule has 0 spiro atoms. The topological polar surface area (TPSA) is 54.3 Å². The SMILES string of the molecule is OCCOCCOc1ccc(N2/C(=N/c3ccccc3)CC2c2ccccc2)cc1. The first-order valence-electron chi connectivity index (χ1n) is 10.2. The third kappa shape index (κ3) is 4.87. The van der Waals surface area contributed by atoms with Crippen molar-refractivity contribution in [2.75, 3.05) is 31.3 Å². The number of benzene rings is 3. The Labute approximate surface area is 177 Å². The van der Waals surface area contributed by atoms with Gasteiger partial charge in [0, 0.05) is 12.1 Å². The molecule has 1 atom stereocenters. The Morgan fingerprint density at radius 3 is 2.23 bits per heavy atom. The quantitative estimate of drug-likeness (QED) is 0.525. The van der Waals surface area contributed by atoms with Crippen molar-refractivity contribution in [1.82, 2.24) is 0 Å². The summed E-state index contributed by atoms with van der Waals surface area (Å²) in [7, 11) is 0. The van der Waals surface area contributed by atoms with Crippen molar-refractivity contribution in [1.29, 1.82) is 0 Å². The summed E-state index contributed by atoms with van der Waals surface area (Å²) in [5, 5.41) is 8.73. The summed E-state index contributed by atoms with van der Waals surface area (Å²) in [5.41, 5.74) is 3.34. The Morgan fingerprint density at radius 2 is 1.53 bits per heavy atom. The molecule has 5 heteroatoms. The van der Waals surface area contributed by atoms with E-state index in [1.165, 1.54) is 5.56 Å². The number of anilines is 1. The molecule has 1 unspecified atom stereocenters. The highest BCUT2D eigenvalue weighted by molar-refractivity contribution is 6.06. The van der Waals surface area contributed by atoms with Crippen molar-refractivity contribution < 1.29 is 14.6 Å². The number of rotatable bonds is 9. The van der Waals surface area contributed by atoms with Gasteiger partial charge in [0.25, 0.3) is 0 Å². The number of hydrogen-bond donors (Lipinski definition) is 1. The lowest BCUT2D eigenvalue weighted by Crippen LogP contribution is -2.46. The van der Waals surface area contributed by atoms with Crippen molar-refractivity contribution in [2.45, 2.75) is 12.5 Å². The van der Waals surface area contributed by atoms with Crippen LogP contribution in [0, 0.1) is 0 Å². The van der Waals surface area contributed by atoms with E-state index in [9.17, 15) is 0 Å². The van der Waals surface area contributed by atoms with E-state index in [2.05, 4.69) is 41.3 Å². The smallest absolute Gasteiger partial charge is 0.119 e. The maximum atomic E-state index is 8.73. The molecule has 1 aliphatic rings. The number of hydrogen-bond acceptors (Lipinski definition) is 4. The first-order valence-corrected chi connectivity index (χ1v) is 10.2. The van der Waals surface area contributed by atoms with Crippen LogP contribution in [-0.2, 0) is 4.74 Å². The molecule has 0 amide bonds. The largest absolute Gasteiger partial charge is 0.491 e. The highest BCUT2D eigenvalue weighted by Gasteiger charge is 2.36. The third-order valence-corrected chi connectivity index (χ3v) is 5.01.